The SMILES string of the molecule is Cc1ccc(O)c(CC(C)(C(=O)O)N(C)C)c1. The molecule has 1 rings (SSSR count). The van der Waals surface area contributed by atoms with Gasteiger partial charge in [0.2, 0.25) is 0 Å². The summed E-state index contributed by atoms with van der Waals surface area (Å²) in [5, 5.41) is 19.1. The summed E-state index contributed by atoms with van der Waals surface area (Å²) in [5.41, 5.74) is 0.638. The van der Waals surface area contributed by atoms with E-state index in [0.717, 1.165) is 5.56 Å². The number of aromatic hydroxyl groups is 1. The van der Waals surface area contributed by atoms with Gasteiger partial charge in [0, 0.05) is 6.42 Å². The molecule has 17 heavy (non-hydrogen) atoms. The summed E-state index contributed by atoms with van der Waals surface area (Å²) in [6.45, 7) is 3.56. The fourth-order valence-corrected chi connectivity index (χ4v) is 1.65. The maximum Gasteiger partial charge on any atom is 0.324 e. The lowest BCUT2D eigenvalue weighted by Crippen LogP contribution is -2.50. The Kier molecular flexibility index (Phi) is 3.78. The third kappa shape index (κ3) is 2.77. The van der Waals surface area contributed by atoms with Gasteiger partial charge in [-0.1, -0.05) is 17.7 Å². The van der Waals surface area contributed by atoms with Gasteiger partial charge in [-0.25, -0.2) is 0 Å². The van der Waals surface area contributed by atoms with Crippen molar-refractivity contribution < 1.29 is 15.0 Å². The van der Waals surface area contributed by atoms with Gasteiger partial charge in [-0.05, 0) is 39.6 Å². The second-order valence-corrected chi connectivity index (χ2v) is 4.78. The molecule has 0 amide bonds. The summed E-state index contributed by atoms with van der Waals surface area (Å²) in [6.07, 6.45) is 0.267. The Bertz CT molecular complexity index is 429. The number of aliphatic carboxylic acids is 1. The highest BCUT2D eigenvalue weighted by Gasteiger charge is 2.36. The fraction of sp³-hybridized carbons (Fsp3) is 0.462. The molecule has 0 fully saturated rings. The van der Waals surface area contributed by atoms with Crippen molar-refractivity contribution in [2.75, 3.05) is 14.1 Å². The number of phenolic OH excluding ortho intramolecular Hbond substituents is 1. The lowest BCUT2D eigenvalue weighted by atomic mass is 9.90. The smallest absolute Gasteiger partial charge is 0.324 e. The Balaban J connectivity index is 3.10. The van der Waals surface area contributed by atoms with E-state index in [2.05, 4.69) is 0 Å². The largest absolute Gasteiger partial charge is 0.508 e. The zero-order chi connectivity index (χ0) is 13.2. The van der Waals surface area contributed by atoms with Crippen molar-refractivity contribution in [1.29, 1.82) is 0 Å². The van der Waals surface area contributed by atoms with Gasteiger partial charge < -0.3 is 10.2 Å². The lowest BCUT2D eigenvalue weighted by Gasteiger charge is -2.32. The summed E-state index contributed by atoms with van der Waals surface area (Å²) in [4.78, 5) is 13.0. The number of hydrogen-bond acceptors (Lipinski definition) is 3. The van der Waals surface area contributed by atoms with Crippen LogP contribution in [0.5, 0.6) is 5.75 Å². The normalized spacial score (nSPS) is 14.6. The molecule has 2 N–H and O–H groups in total. The first-order valence-corrected chi connectivity index (χ1v) is 5.46. The summed E-state index contributed by atoms with van der Waals surface area (Å²) in [6, 6.07) is 5.22. The van der Waals surface area contributed by atoms with E-state index in [0.29, 0.717) is 5.56 Å². The molecule has 0 aromatic heterocycles. The number of phenols is 1. The number of likely N-dealkylation sites (N-methyl/N-ethyl adjacent to an activating group) is 1. The molecule has 0 bridgehead atoms. The predicted octanol–water partition coefficient (Wildman–Crippen LogP) is 1.65. The van der Waals surface area contributed by atoms with Crippen LogP contribution in [0.15, 0.2) is 18.2 Å². The highest BCUT2D eigenvalue weighted by molar-refractivity contribution is 5.78. The van der Waals surface area contributed by atoms with Crippen LogP contribution < -0.4 is 0 Å². The Labute approximate surface area is 101 Å². The molecular formula is C13H19NO3. The van der Waals surface area contributed by atoms with Crippen LogP contribution in [0.1, 0.15) is 18.1 Å². The van der Waals surface area contributed by atoms with E-state index in [1.165, 1.54) is 0 Å². The number of carboxylic acids is 1. The van der Waals surface area contributed by atoms with E-state index in [1.807, 2.05) is 13.0 Å². The van der Waals surface area contributed by atoms with Crippen molar-refractivity contribution in [1.82, 2.24) is 4.90 Å². The van der Waals surface area contributed by atoms with E-state index < -0.39 is 11.5 Å². The molecule has 0 aliphatic heterocycles. The first-order valence-electron chi connectivity index (χ1n) is 5.46. The number of carboxylic acid groups (broad SMARTS) is 1. The van der Waals surface area contributed by atoms with Gasteiger partial charge in [-0.15, -0.1) is 0 Å². The van der Waals surface area contributed by atoms with Gasteiger partial charge in [0.15, 0.2) is 0 Å². The summed E-state index contributed by atoms with van der Waals surface area (Å²) >= 11 is 0. The number of rotatable bonds is 4. The number of nitrogens with zero attached hydrogens (tertiary/aromatic N) is 1. The van der Waals surface area contributed by atoms with E-state index in [4.69, 9.17) is 0 Å². The Morgan fingerprint density at radius 2 is 2.00 bits per heavy atom. The molecule has 1 unspecified atom stereocenters. The maximum absolute atomic E-state index is 11.3. The minimum absolute atomic E-state index is 0.143. The number of aryl methyl sites for hydroxylation is 1. The van der Waals surface area contributed by atoms with E-state index in [9.17, 15) is 15.0 Å². The Morgan fingerprint density at radius 3 is 2.47 bits per heavy atom. The van der Waals surface area contributed by atoms with E-state index in [1.54, 1.807) is 38.1 Å². The monoisotopic (exact) mass is 237 g/mol. The van der Waals surface area contributed by atoms with Crippen molar-refractivity contribution in [2.45, 2.75) is 25.8 Å². The molecule has 0 aliphatic rings. The molecule has 94 valence electrons. The zero-order valence-corrected chi connectivity index (χ0v) is 10.7. The molecule has 0 saturated heterocycles. The average Bonchev–Trinajstić information content (AvgIpc) is 2.22. The van der Waals surface area contributed by atoms with E-state index in [-0.39, 0.29) is 12.2 Å². The van der Waals surface area contributed by atoms with Crippen molar-refractivity contribution in [3.63, 3.8) is 0 Å². The fourth-order valence-electron chi connectivity index (χ4n) is 1.65. The van der Waals surface area contributed by atoms with Crippen LogP contribution in [0.2, 0.25) is 0 Å². The third-order valence-corrected chi connectivity index (χ3v) is 3.22. The molecule has 0 spiro atoms. The summed E-state index contributed by atoms with van der Waals surface area (Å²) in [5.74, 6) is -0.756. The minimum atomic E-state index is -1.02. The second kappa shape index (κ2) is 4.75. The quantitative estimate of drug-likeness (QED) is 0.836. The Morgan fingerprint density at radius 1 is 1.41 bits per heavy atom. The first kappa shape index (κ1) is 13.5. The highest BCUT2D eigenvalue weighted by atomic mass is 16.4. The van der Waals surface area contributed by atoms with Gasteiger partial charge in [-0.3, -0.25) is 9.69 Å². The molecule has 4 nitrogen and oxygen atoms in total. The molecule has 0 saturated carbocycles. The van der Waals surface area contributed by atoms with E-state index >= 15 is 0 Å². The second-order valence-electron chi connectivity index (χ2n) is 4.78. The van der Waals surface area contributed by atoms with Crippen LogP contribution in [0.4, 0.5) is 0 Å². The third-order valence-electron chi connectivity index (χ3n) is 3.22. The van der Waals surface area contributed by atoms with Crippen molar-refractivity contribution in [3.8, 4) is 5.75 Å². The standard InChI is InChI=1S/C13H19NO3/c1-9-5-6-11(15)10(7-9)8-13(2,12(16)17)14(3)4/h5-7,15H,8H2,1-4H3,(H,16,17). The maximum atomic E-state index is 11.3. The van der Waals surface area contributed by atoms with Crippen molar-refractivity contribution in [3.05, 3.63) is 29.3 Å². The summed E-state index contributed by atoms with van der Waals surface area (Å²) in [7, 11) is 3.45. The minimum Gasteiger partial charge on any atom is -0.508 e. The van der Waals surface area contributed by atoms with Gasteiger partial charge in [0.05, 0.1) is 0 Å². The molecule has 1 atom stereocenters. The molecule has 0 heterocycles. The van der Waals surface area contributed by atoms with Crippen LogP contribution in [-0.4, -0.2) is 40.7 Å². The number of carbonyl (C=O) groups is 1. The topological polar surface area (TPSA) is 60.8 Å². The van der Waals surface area contributed by atoms with Gasteiger partial charge in [-0.2, -0.15) is 0 Å². The highest BCUT2D eigenvalue weighted by Crippen LogP contribution is 2.26. The first-order chi connectivity index (χ1) is 7.77. The summed E-state index contributed by atoms with van der Waals surface area (Å²) < 4.78 is 0. The molecule has 4 heteroatoms. The van der Waals surface area contributed by atoms with Gasteiger partial charge >= 0.3 is 5.97 Å². The van der Waals surface area contributed by atoms with Crippen molar-refractivity contribution >= 4 is 5.97 Å². The molecule has 1 aromatic carbocycles. The lowest BCUT2D eigenvalue weighted by molar-refractivity contribution is -0.148. The molecule has 0 aliphatic carbocycles. The van der Waals surface area contributed by atoms with Crippen LogP contribution in [-0.2, 0) is 11.2 Å². The molecule has 1 aromatic rings. The molecule has 0 radical (unpaired) electrons. The number of hydrogen-bond donors (Lipinski definition) is 2. The van der Waals surface area contributed by atoms with Crippen LogP contribution in [0.3, 0.4) is 0 Å². The van der Waals surface area contributed by atoms with Crippen LogP contribution in [0, 0.1) is 6.92 Å². The van der Waals surface area contributed by atoms with Gasteiger partial charge in [0.1, 0.15) is 11.3 Å². The molecular weight excluding hydrogens is 218 g/mol. The van der Waals surface area contributed by atoms with Crippen molar-refractivity contribution in [2.24, 2.45) is 0 Å². The van der Waals surface area contributed by atoms with Crippen LogP contribution in [0.25, 0.3) is 0 Å². The average molecular weight is 237 g/mol. The number of benzene rings is 1. The van der Waals surface area contributed by atoms with Gasteiger partial charge in [0.25, 0.3) is 0 Å². The zero-order valence-electron chi connectivity index (χ0n) is 10.7. The Hall–Kier alpha value is -1.55. The van der Waals surface area contributed by atoms with Crippen LogP contribution >= 0.6 is 0 Å². The predicted molar refractivity (Wildman–Crippen MR) is 66.3 cm³/mol.